The Morgan fingerprint density at radius 3 is 2.00 bits per heavy atom. The highest BCUT2D eigenvalue weighted by molar-refractivity contribution is 8.72. The third kappa shape index (κ3) is 2.60. The van der Waals surface area contributed by atoms with Gasteiger partial charge in [0, 0.05) is 10.8 Å². The van der Waals surface area contributed by atoms with Crippen molar-refractivity contribution in [1.82, 2.24) is 0 Å². The molecule has 0 heterocycles. The molecule has 0 aliphatic heterocycles. The van der Waals surface area contributed by atoms with E-state index in [1.807, 2.05) is 0 Å². The average Bonchev–Trinajstić information content (AvgIpc) is 2.32. The second-order valence-electron chi connectivity index (χ2n) is 3.47. The zero-order valence-electron chi connectivity index (χ0n) is 9.15. The fraction of sp³-hybridized carbons (Fsp3) is 0. The first-order valence-corrected chi connectivity index (χ1v) is 7.83. The second-order valence-corrected chi connectivity index (χ2v) is 7.24. The van der Waals surface area contributed by atoms with Crippen molar-refractivity contribution < 1.29 is 18.6 Å². The van der Waals surface area contributed by atoms with Crippen LogP contribution in [0.2, 0.25) is 0 Å². The summed E-state index contributed by atoms with van der Waals surface area (Å²) in [7, 11) is -3.26. The molecule has 2 rings (SSSR count). The van der Waals surface area contributed by atoms with E-state index in [-0.39, 0.29) is 21.3 Å². The van der Waals surface area contributed by atoms with Crippen molar-refractivity contribution in [2.24, 2.45) is 0 Å². The molecule has 0 saturated heterocycles. The minimum absolute atomic E-state index is 0.110. The fourth-order valence-electron chi connectivity index (χ4n) is 1.36. The lowest BCUT2D eigenvalue weighted by atomic mass is 10.3. The minimum atomic E-state index is -3.76. The molecule has 0 aliphatic carbocycles. The van der Waals surface area contributed by atoms with Crippen molar-refractivity contribution in [3.05, 3.63) is 48.5 Å². The van der Waals surface area contributed by atoms with Gasteiger partial charge in [-0.3, -0.25) is 0 Å². The first kappa shape index (κ1) is 12.8. The van der Waals surface area contributed by atoms with Crippen LogP contribution in [0.5, 0.6) is 11.5 Å². The van der Waals surface area contributed by atoms with Crippen molar-refractivity contribution in [3.8, 4) is 11.5 Å². The van der Waals surface area contributed by atoms with Crippen molar-refractivity contribution in [1.29, 1.82) is 0 Å². The van der Waals surface area contributed by atoms with Crippen LogP contribution in [0.15, 0.2) is 58.3 Å². The largest absolute Gasteiger partial charge is 0.507 e. The molecule has 0 aliphatic rings. The molecule has 18 heavy (non-hydrogen) atoms. The van der Waals surface area contributed by atoms with Gasteiger partial charge in [0.05, 0.1) is 4.90 Å². The van der Waals surface area contributed by atoms with Crippen LogP contribution in [0.1, 0.15) is 0 Å². The van der Waals surface area contributed by atoms with E-state index in [1.165, 1.54) is 30.3 Å². The molecule has 0 bridgehead atoms. The van der Waals surface area contributed by atoms with E-state index in [0.29, 0.717) is 10.8 Å². The molecule has 0 aromatic heterocycles. The van der Waals surface area contributed by atoms with Gasteiger partial charge in [-0.25, -0.2) is 8.42 Å². The van der Waals surface area contributed by atoms with Crippen LogP contribution in [0.4, 0.5) is 0 Å². The van der Waals surface area contributed by atoms with Crippen LogP contribution in [-0.2, 0) is 8.87 Å². The van der Waals surface area contributed by atoms with E-state index < -0.39 is 8.87 Å². The van der Waals surface area contributed by atoms with Gasteiger partial charge in [-0.15, -0.1) is 0 Å². The van der Waals surface area contributed by atoms with E-state index in [4.69, 9.17) is 0 Å². The third-order valence-corrected chi connectivity index (χ3v) is 5.56. The van der Waals surface area contributed by atoms with E-state index >= 15 is 0 Å². The number of benzene rings is 2. The van der Waals surface area contributed by atoms with Gasteiger partial charge in [-0.2, -0.15) is 0 Å². The van der Waals surface area contributed by atoms with Crippen molar-refractivity contribution in [3.63, 3.8) is 0 Å². The smallest absolute Gasteiger partial charge is 0.238 e. The SMILES string of the molecule is O=S(=O)(Sc1ccccc1O)c1ccccc1O. The zero-order valence-corrected chi connectivity index (χ0v) is 10.8. The monoisotopic (exact) mass is 282 g/mol. The summed E-state index contributed by atoms with van der Waals surface area (Å²) < 4.78 is 24.1. The highest BCUT2D eigenvalue weighted by atomic mass is 33.1. The highest BCUT2D eigenvalue weighted by Gasteiger charge is 2.21. The van der Waals surface area contributed by atoms with Gasteiger partial charge < -0.3 is 10.2 Å². The summed E-state index contributed by atoms with van der Waals surface area (Å²) >= 11 is 0. The molecule has 6 heteroatoms. The Balaban J connectivity index is 2.40. The lowest BCUT2D eigenvalue weighted by Crippen LogP contribution is -1.95. The summed E-state index contributed by atoms with van der Waals surface area (Å²) in [5, 5.41) is 19.1. The van der Waals surface area contributed by atoms with Crippen LogP contribution in [-0.4, -0.2) is 18.6 Å². The number of aromatic hydroxyl groups is 2. The van der Waals surface area contributed by atoms with Crippen LogP contribution in [0.25, 0.3) is 0 Å². The summed E-state index contributed by atoms with van der Waals surface area (Å²) in [6, 6.07) is 11.8. The number of phenols is 2. The molecule has 0 radical (unpaired) electrons. The second kappa shape index (κ2) is 4.91. The topological polar surface area (TPSA) is 74.6 Å². The standard InChI is InChI=1S/C12H10O4S2/c13-9-5-1-3-7-11(9)17-18(15,16)12-8-4-2-6-10(12)14/h1-8,13-14H. The third-order valence-electron chi connectivity index (χ3n) is 2.20. The van der Waals surface area contributed by atoms with Crippen molar-refractivity contribution in [2.75, 3.05) is 0 Å². The van der Waals surface area contributed by atoms with Crippen molar-refractivity contribution >= 4 is 19.7 Å². The van der Waals surface area contributed by atoms with Crippen LogP contribution >= 0.6 is 10.8 Å². The van der Waals surface area contributed by atoms with Crippen LogP contribution in [0, 0.1) is 0 Å². The molecule has 2 aromatic rings. The van der Waals surface area contributed by atoms with Crippen molar-refractivity contribution in [2.45, 2.75) is 9.79 Å². The maximum Gasteiger partial charge on any atom is 0.238 e. The first-order chi connectivity index (χ1) is 8.50. The molecule has 0 amide bonds. The molecular weight excluding hydrogens is 272 g/mol. The van der Waals surface area contributed by atoms with E-state index in [2.05, 4.69) is 0 Å². The Morgan fingerprint density at radius 2 is 1.39 bits per heavy atom. The molecule has 0 saturated carbocycles. The van der Waals surface area contributed by atoms with Gasteiger partial charge in [0.15, 0.2) is 0 Å². The zero-order chi connectivity index (χ0) is 13.2. The predicted octanol–water partition coefficient (Wildman–Crippen LogP) is 2.58. The van der Waals surface area contributed by atoms with Gasteiger partial charge in [0.1, 0.15) is 16.4 Å². The molecular formula is C12H10O4S2. The summed E-state index contributed by atoms with van der Waals surface area (Å²) in [5.74, 6) is -0.415. The molecule has 0 unspecified atom stereocenters. The predicted molar refractivity (Wildman–Crippen MR) is 69.3 cm³/mol. The number of hydrogen-bond acceptors (Lipinski definition) is 5. The Bertz CT molecular complexity index is 665. The maximum absolute atomic E-state index is 12.1. The minimum Gasteiger partial charge on any atom is -0.507 e. The normalized spacial score (nSPS) is 11.3. The fourth-order valence-corrected chi connectivity index (χ4v) is 4.37. The van der Waals surface area contributed by atoms with Crippen LogP contribution < -0.4 is 0 Å². The number of para-hydroxylation sites is 2. The molecule has 0 fully saturated rings. The van der Waals surface area contributed by atoms with Crippen LogP contribution in [0.3, 0.4) is 0 Å². The van der Waals surface area contributed by atoms with E-state index in [9.17, 15) is 18.6 Å². The van der Waals surface area contributed by atoms with Gasteiger partial charge in [0.2, 0.25) is 8.87 Å². The number of rotatable bonds is 3. The molecule has 0 spiro atoms. The average molecular weight is 282 g/mol. The maximum atomic E-state index is 12.1. The summed E-state index contributed by atoms with van der Waals surface area (Å²) in [5.41, 5.74) is 0. The lowest BCUT2D eigenvalue weighted by Gasteiger charge is -2.06. The van der Waals surface area contributed by atoms with Gasteiger partial charge >= 0.3 is 0 Å². The van der Waals surface area contributed by atoms with E-state index in [0.717, 1.165) is 0 Å². The Kier molecular flexibility index (Phi) is 3.49. The molecule has 4 nitrogen and oxygen atoms in total. The molecule has 0 atom stereocenters. The Hall–Kier alpha value is -1.66. The Labute approximate surface area is 108 Å². The number of phenolic OH excluding ortho intramolecular Hbond substituents is 2. The quantitative estimate of drug-likeness (QED) is 0.846. The summed E-state index contributed by atoms with van der Waals surface area (Å²) in [6.45, 7) is 0. The van der Waals surface area contributed by atoms with Gasteiger partial charge in [-0.1, -0.05) is 24.3 Å². The van der Waals surface area contributed by atoms with Gasteiger partial charge in [0.25, 0.3) is 0 Å². The summed E-state index contributed by atoms with van der Waals surface area (Å²) in [4.78, 5) is 0.0546. The first-order valence-electron chi connectivity index (χ1n) is 5.01. The van der Waals surface area contributed by atoms with Gasteiger partial charge in [-0.05, 0) is 24.3 Å². The lowest BCUT2D eigenvalue weighted by molar-refractivity contribution is 0.459. The number of hydrogen-bond donors (Lipinski definition) is 2. The molecule has 2 aromatic carbocycles. The molecule has 94 valence electrons. The molecule has 2 N–H and O–H groups in total. The Morgan fingerprint density at radius 1 is 0.833 bits per heavy atom. The highest BCUT2D eigenvalue weighted by Crippen LogP contribution is 2.38. The summed E-state index contributed by atoms with van der Waals surface area (Å²) in [6.07, 6.45) is 0. The van der Waals surface area contributed by atoms with E-state index in [1.54, 1.807) is 18.2 Å².